The van der Waals surface area contributed by atoms with Gasteiger partial charge in [0.2, 0.25) is 5.88 Å². The molecule has 3 heterocycles. The molecule has 1 aromatic carbocycles. The minimum absolute atomic E-state index is 0.0210. The first-order valence-corrected chi connectivity index (χ1v) is 11.3. The van der Waals surface area contributed by atoms with E-state index in [-0.39, 0.29) is 34.8 Å². The van der Waals surface area contributed by atoms with E-state index in [1.54, 1.807) is 39.1 Å². The van der Waals surface area contributed by atoms with Crippen LogP contribution in [-0.4, -0.2) is 49.5 Å². The Morgan fingerprint density at radius 1 is 1.27 bits per heavy atom. The van der Waals surface area contributed by atoms with Gasteiger partial charge in [-0.3, -0.25) is 9.89 Å². The number of aryl methyl sites for hydroxylation is 1. The topological polar surface area (TPSA) is 121 Å². The second-order valence-corrected chi connectivity index (χ2v) is 8.01. The summed E-state index contributed by atoms with van der Waals surface area (Å²) in [6.07, 6.45) is 5.85. The molecule has 0 aliphatic rings. The number of benzene rings is 1. The zero-order valence-corrected chi connectivity index (χ0v) is 20.4. The van der Waals surface area contributed by atoms with Crippen molar-refractivity contribution < 1.29 is 23.0 Å². The van der Waals surface area contributed by atoms with Gasteiger partial charge in [-0.15, -0.1) is 0 Å². The molecular weight excluding hydrogens is 484 g/mol. The van der Waals surface area contributed by atoms with Gasteiger partial charge in [0, 0.05) is 36.8 Å². The van der Waals surface area contributed by atoms with Crippen molar-refractivity contribution in [3.05, 3.63) is 78.1 Å². The van der Waals surface area contributed by atoms with E-state index >= 15 is 4.39 Å². The fourth-order valence-electron chi connectivity index (χ4n) is 3.45. The van der Waals surface area contributed by atoms with Crippen LogP contribution in [0.3, 0.4) is 0 Å². The molecule has 4 rings (SSSR count). The summed E-state index contributed by atoms with van der Waals surface area (Å²) in [5.41, 5.74) is 1.17. The van der Waals surface area contributed by atoms with Gasteiger partial charge in [0.15, 0.2) is 29.0 Å². The van der Waals surface area contributed by atoms with Crippen molar-refractivity contribution >= 4 is 28.4 Å². The van der Waals surface area contributed by atoms with Crippen LogP contribution < -0.4 is 10.1 Å². The standard InChI is InChI=1S/C25H25F2N7O3/c1-5-7-8-36-12-15-10-19(33-32-15)31-23-20(25(35)34(4)6-2)24(29-13-28-23)37-18-11-17(26)22-16(21(18)27)9-14(3)30-22/h5,7-11,13,30H,1,6,12H2,2-4H3,(H2,28,29,31,32,33)/b8-7-. The number of nitrogens with one attached hydrogen (secondary N) is 3. The molecule has 12 heteroatoms. The molecule has 3 N–H and O–H groups in total. The maximum atomic E-state index is 15.2. The summed E-state index contributed by atoms with van der Waals surface area (Å²) >= 11 is 0. The van der Waals surface area contributed by atoms with Gasteiger partial charge < -0.3 is 24.7 Å². The molecular formula is C25H25F2N7O3. The number of allylic oxidation sites excluding steroid dienone is 2. The number of amides is 1. The van der Waals surface area contributed by atoms with Crippen LogP contribution in [0.5, 0.6) is 11.6 Å². The summed E-state index contributed by atoms with van der Waals surface area (Å²) in [6.45, 7) is 7.62. The highest BCUT2D eigenvalue weighted by Crippen LogP contribution is 2.35. The molecule has 192 valence electrons. The number of H-pyrrole nitrogens is 2. The summed E-state index contributed by atoms with van der Waals surface area (Å²) in [7, 11) is 1.58. The molecule has 37 heavy (non-hydrogen) atoms. The van der Waals surface area contributed by atoms with Crippen LogP contribution in [0, 0.1) is 18.6 Å². The van der Waals surface area contributed by atoms with Crippen LogP contribution in [0.2, 0.25) is 0 Å². The fraction of sp³-hybridized carbons (Fsp3) is 0.200. The SMILES string of the molecule is C=C/C=C\OCc1cc(Nc2ncnc(Oc3cc(F)c4[nH]c(C)cc4c3F)c2C(=O)N(C)CC)n[nH]1. The maximum absolute atomic E-state index is 15.2. The van der Waals surface area contributed by atoms with Gasteiger partial charge in [0.05, 0.1) is 17.5 Å². The Morgan fingerprint density at radius 2 is 2.08 bits per heavy atom. The van der Waals surface area contributed by atoms with E-state index in [4.69, 9.17) is 9.47 Å². The monoisotopic (exact) mass is 509 g/mol. The number of halogens is 2. The first kappa shape index (κ1) is 25.4. The van der Waals surface area contributed by atoms with E-state index in [0.29, 0.717) is 23.8 Å². The van der Waals surface area contributed by atoms with Crippen LogP contribution >= 0.6 is 0 Å². The lowest BCUT2D eigenvalue weighted by molar-refractivity contribution is 0.0799. The molecule has 0 fully saturated rings. The second kappa shape index (κ2) is 10.9. The van der Waals surface area contributed by atoms with Crippen molar-refractivity contribution in [1.82, 2.24) is 30.0 Å². The highest BCUT2D eigenvalue weighted by Gasteiger charge is 2.26. The van der Waals surface area contributed by atoms with Gasteiger partial charge in [-0.1, -0.05) is 12.7 Å². The predicted molar refractivity (Wildman–Crippen MR) is 134 cm³/mol. The number of carbonyl (C=O) groups is 1. The Hall–Kier alpha value is -4.74. The third-order valence-corrected chi connectivity index (χ3v) is 5.38. The lowest BCUT2D eigenvalue weighted by Crippen LogP contribution is -2.28. The highest BCUT2D eigenvalue weighted by atomic mass is 19.1. The van der Waals surface area contributed by atoms with Gasteiger partial charge in [-0.05, 0) is 26.0 Å². The van der Waals surface area contributed by atoms with Crippen LogP contribution in [0.4, 0.5) is 20.4 Å². The number of rotatable bonds is 10. The number of aromatic nitrogens is 5. The molecule has 4 aromatic rings. The lowest BCUT2D eigenvalue weighted by Gasteiger charge is -2.19. The number of fused-ring (bicyclic) bond motifs is 1. The van der Waals surface area contributed by atoms with Crippen molar-refractivity contribution in [2.75, 3.05) is 18.9 Å². The van der Waals surface area contributed by atoms with E-state index in [2.05, 4.69) is 37.0 Å². The predicted octanol–water partition coefficient (Wildman–Crippen LogP) is 5.11. The summed E-state index contributed by atoms with van der Waals surface area (Å²) in [5, 5.41) is 9.94. The average molecular weight is 510 g/mol. The molecule has 3 aromatic heterocycles. The van der Waals surface area contributed by atoms with Crippen molar-refractivity contribution in [3.8, 4) is 11.6 Å². The van der Waals surface area contributed by atoms with Crippen LogP contribution in [0.15, 0.2) is 49.5 Å². The van der Waals surface area contributed by atoms with Crippen LogP contribution in [0.1, 0.15) is 28.7 Å². The Kier molecular flexibility index (Phi) is 7.47. The molecule has 0 spiro atoms. The van der Waals surface area contributed by atoms with Gasteiger partial charge in [0.25, 0.3) is 5.91 Å². The zero-order chi connectivity index (χ0) is 26.5. The van der Waals surface area contributed by atoms with E-state index in [1.807, 2.05) is 0 Å². The number of carbonyl (C=O) groups excluding carboxylic acids is 1. The third kappa shape index (κ3) is 5.42. The Bertz CT molecular complexity index is 1480. The van der Waals surface area contributed by atoms with Gasteiger partial charge in [0.1, 0.15) is 18.5 Å². The lowest BCUT2D eigenvalue weighted by atomic mass is 10.2. The van der Waals surface area contributed by atoms with Crippen molar-refractivity contribution in [2.24, 2.45) is 0 Å². The summed E-state index contributed by atoms with van der Waals surface area (Å²) in [5.74, 6) is -2.26. The minimum atomic E-state index is -0.793. The van der Waals surface area contributed by atoms with E-state index < -0.39 is 23.3 Å². The Morgan fingerprint density at radius 3 is 2.84 bits per heavy atom. The molecule has 0 bridgehead atoms. The molecule has 10 nitrogen and oxygen atoms in total. The molecule has 0 aliphatic heterocycles. The quantitative estimate of drug-likeness (QED) is 0.201. The maximum Gasteiger partial charge on any atom is 0.262 e. The number of nitrogens with zero attached hydrogens (tertiary/aromatic N) is 4. The first-order chi connectivity index (χ1) is 17.8. The second-order valence-electron chi connectivity index (χ2n) is 8.01. The number of aromatic amines is 2. The smallest absolute Gasteiger partial charge is 0.262 e. The van der Waals surface area contributed by atoms with Gasteiger partial charge in [-0.2, -0.15) is 5.10 Å². The summed E-state index contributed by atoms with van der Waals surface area (Å²) in [4.78, 5) is 25.7. The molecule has 0 unspecified atom stereocenters. The molecule has 1 amide bonds. The van der Waals surface area contributed by atoms with E-state index in [0.717, 1.165) is 12.4 Å². The fourth-order valence-corrected chi connectivity index (χ4v) is 3.45. The number of ether oxygens (including phenoxy) is 2. The summed E-state index contributed by atoms with van der Waals surface area (Å²) in [6, 6.07) is 4.04. The van der Waals surface area contributed by atoms with Gasteiger partial charge in [-0.25, -0.2) is 18.7 Å². The normalized spacial score (nSPS) is 11.2. The molecule has 0 saturated heterocycles. The van der Waals surface area contributed by atoms with Crippen molar-refractivity contribution in [3.63, 3.8) is 0 Å². The Balaban J connectivity index is 1.69. The van der Waals surface area contributed by atoms with Gasteiger partial charge >= 0.3 is 0 Å². The largest absolute Gasteiger partial charge is 0.495 e. The first-order valence-electron chi connectivity index (χ1n) is 11.3. The average Bonchev–Trinajstić information content (AvgIpc) is 3.50. The van der Waals surface area contributed by atoms with E-state index in [1.165, 1.54) is 17.2 Å². The number of hydrogen-bond acceptors (Lipinski definition) is 7. The van der Waals surface area contributed by atoms with E-state index in [9.17, 15) is 9.18 Å². The van der Waals surface area contributed by atoms with Crippen LogP contribution in [0.25, 0.3) is 10.9 Å². The highest BCUT2D eigenvalue weighted by molar-refractivity contribution is 6.01. The minimum Gasteiger partial charge on any atom is -0.495 e. The zero-order valence-electron chi connectivity index (χ0n) is 20.4. The van der Waals surface area contributed by atoms with Crippen molar-refractivity contribution in [2.45, 2.75) is 20.5 Å². The van der Waals surface area contributed by atoms with Crippen molar-refractivity contribution in [1.29, 1.82) is 0 Å². The Labute approximate surface area is 211 Å². The molecule has 0 atom stereocenters. The number of hydrogen-bond donors (Lipinski definition) is 3. The summed E-state index contributed by atoms with van der Waals surface area (Å²) < 4.78 is 40.9. The molecule has 0 saturated carbocycles. The third-order valence-electron chi connectivity index (χ3n) is 5.38. The number of anilines is 2. The molecule has 0 aliphatic carbocycles. The van der Waals surface area contributed by atoms with Crippen LogP contribution in [-0.2, 0) is 11.3 Å². The molecule has 0 radical (unpaired) electrons.